The van der Waals surface area contributed by atoms with Crippen LogP contribution in [-0.4, -0.2) is 36.0 Å². The molecule has 86 valence electrons. The van der Waals surface area contributed by atoms with Crippen molar-refractivity contribution in [3.8, 4) is 0 Å². The summed E-state index contributed by atoms with van der Waals surface area (Å²) in [5, 5.41) is 3.61. The molecule has 2 fully saturated rings. The number of amides is 1. The maximum atomic E-state index is 11.8. The minimum atomic E-state index is 0.323. The number of carbonyl (C=O) groups excluding carboxylic acids is 1. The van der Waals surface area contributed by atoms with E-state index in [9.17, 15) is 4.79 Å². The highest BCUT2D eigenvalue weighted by Gasteiger charge is 2.35. The molecule has 2 aliphatic rings. The third kappa shape index (κ3) is 2.33. The molecule has 0 aromatic carbocycles. The van der Waals surface area contributed by atoms with E-state index in [0.29, 0.717) is 30.5 Å². The van der Waals surface area contributed by atoms with Gasteiger partial charge in [-0.1, -0.05) is 6.92 Å². The molecular weight excluding hydrogens is 188 g/mol. The molecule has 0 saturated carbocycles. The average molecular weight is 210 g/mol. The van der Waals surface area contributed by atoms with Crippen LogP contribution >= 0.6 is 0 Å². The lowest BCUT2D eigenvalue weighted by atomic mass is 9.98. The van der Waals surface area contributed by atoms with Gasteiger partial charge in [0.05, 0.1) is 0 Å². The number of nitrogens with one attached hydrogen (secondary N) is 1. The second-order valence-electron chi connectivity index (χ2n) is 5.02. The van der Waals surface area contributed by atoms with E-state index in [1.807, 2.05) is 11.9 Å². The Morgan fingerprint density at radius 1 is 1.33 bits per heavy atom. The zero-order chi connectivity index (χ0) is 10.8. The fraction of sp³-hybridized carbons (Fsp3) is 0.917. The molecule has 2 saturated heterocycles. The van der Waals surface area contributed by atoms with Crippen LogP contribution < -0.4 is 5.32 Å². The smallest absolute Gasteiger partial charge is 0.222 e. The van der Waals surface area contributed by atoms with Gasteiger partial charge in [-0.2, -0.15) is 0 Å². The van der Waals surface area contributed by atoms with E-state index < -0.39 is 0 Å². The van der Waals surface area contributed by atoms with E-state index in [-0.39, 0.29) is 0 Å². The first kappa shape index (κ1) is 10.9. The number of hydrogen-bond donors (Lipinski definition) is 1. The number of carbonyl (C=O) groups is 1. The van der Waals surface area contributed by atoms with Crippen LogP contribution in [0, 0.1) is 0 Å². The Bertz CT molecular complexity index is 230. The van der Waals surface area contributed by atoms with E-state index in [1.54, 1.807) is 0 Å². The summed E-state index contributed by atoms with van der Waals surface area (Å²) in [6.07, 6.45) is 6.58. The van der Waals surface area contributed by atoms with Crippen LogP contribution in [0.5, 0.6) is 0 Å². The normalized spacial score (nSPS) is 34.1. The number of hydrogen-bond acceptors (Lipinski definition) is 2. The quantitative estimate of drug-likeness (QED) is 0.766. The zero-order valence-electron chi connectivity index (χ0n) is 9.83. The summed E-state index contributed by atoms with van der Waals surface area (Å²) in [7, 11) is 1.98. The van der Waals surface area contributed by atoms with Crippen LogP contribution in [0.15, 0.2) is 0 Å². The monoisotopic (exact) mass is 210 g/mol. The minimum absolute atomic E-state index is 0.323. The average Bonchev–Trinajstić information content (AvgIpc) is 2.57. The van der Waals surface area contributed by atoms with E-state index in [4.69, 9.17) is 0 Å². The Labute approximate surface area is 92.2 Å². The summed E-state index contributed by atoms with van der Waals surface area (Å²) in [6, 6.07) is 1.83. The van der Waals surface area contributed by atoms with Gasteiger partial charge in [-0.25, -0.2) is 0 Å². The molecule has 0 aromatic heterocycles. The van der Waals surface area contributed by atoms with Crippen molar-refractivity contribution >= 4 is 5.91 Å². The van der Waals surface area contributed by atoms with Gasteiger partial charge in [0, 0.05) is 31.6 Å². The van der Waals surface area contributed by atoms with Gasteiger partial charge < -0.3 is 10.2 Å². The van der Waals surface area contributed by atoms with Crippen molar-refractivity contribution in [1.29, 1.82) is 0 Å². The first-order valence-corrected chi connectivity index (χ1v) is 6.22. The second-order valence-corrected chi connectivity index (χ2v) is 5.02. The molecule has 2 atom stereocenters. The minimum Gasteiger partial charge on any atom is -0.343 e. The molecule has 0 radical (unpaired) electrons. The molecule has 2 aliphatic heterocycles. The molecule has 3 nitrogen and oxygen atoms in total. The maximum absolute atomic E-state index is 11.8. The summed E-state index contributed by atoms with van der Waals surface area (Å²) in [5.74, 6) is 0.323. The van der Waals surface area contributed by atoms with Crippen molar-refractivity contribution < 1.29 is 4.79 Å². The fourth-order valence-corrected chi connectivity index (χ4v) is 2.94. The van der Waals surface area contributed by atoms with Gasteiger partial charge in [0.2, 0.25) is 5.91 Å². The largest absolute Gasteiger partial charge is 0.343 e. The second kappa shape index (κ2) is 4.52. The summed E-state index contributed by atoms with van der Waals surface area (Å²) >= 11 is 0. The predicted molar refractivity (Wildman–Crippen MR) is 60.6 cm³/mol. The Morgan fingerprint density at radius 3 is 2.47 bits per heavy atom. The van der Waals surface area contributed by atoms with Crippen LogP contribution in [-0.2, 0) is 4.79 Å². The number of rotatable bonds is 3. The Kier molecular flexibility index (Phi) is 3.29. The van der Waals surface area contributed by atoms with Gasteiger partial charge in [-0.05, 0) is 32.1 Å². The molecule has 1 N–H and O–H groups in total. The first-order valence-electron chi connectivity index (χ1n) is 6.22. The van der Waals surface area contributed by atoms with Crippen LogP contribution in [0.25, 0.3) is 0 Å². The lowest BCUT2D eigenvalue weighted by Crippen LogP contribution is -2.48. The Balaban J connectivity index is 1.90. The maximum Gasteiger partial charge on any atom is 0.222 e. The van der Waals surface area contributed by atoms with Crippen molar-refractivity contribution in [2.75, 3.05) is 7.05 Å². The Morgan fingerprint density at radius 2 is 1.93 bits per heavy atom. The van der Waals surface area contributed by atoms with Crippen molar-refractivity contribution in [2.24, 2.45) is 0 Å². The number of fused-ring (bicyclic) bond motifs is 2. The third-order valence-corrected chi connectivity index (χ3v) is 3.85. The first-order chi connectivity index (χ1) is 7.20. The SMILES string of the molecule is CCCC(=O)N(C)C1CC2CCC(C1)N2. The van der Waals surface area contributed by atoms with Gasteiger partial charge in [-0.15, -0.1) is 0 Å². The van der Waals surface area contributed by atoms with Crippen LogP contribution in [0.2, 0.25) is 0 Å². The van der Waals surface area contributed by atoms with Gasteiger partial charge in [0.1, 0.15) is 0 Å². The topological polar surface area (TPSA) is 32.3 Å². The van der Waals surface area contributed by atoms with Crippen molar-refractivity contribution in [1.82, 2.24) is 10.2 Å². The number of piperidine rings is 1. The molecule has 2 heterocycles. The summed E-state index contributed by atoms with van der Waals surface area (Å²) in [6.45, 7) is 2.07. The number of nitrogens with zero attached hydrogens (tertiary/aromatic N) is 1. The van der Waals surface area contributed by atoms with Crippen molar-refractivity contribution in [2.45, 2.75) is 63.6 Å². The van der Waals surface area contributed by atoms with E-state index >= 15 is 0 Å². The highest BCUT2D eigenvalue weighted by molar-refractivity contribution is 5.76. The fourth-order valence-electron chi connectivity index (χ4n) is 2.94. The zero-order valence-corrected chi connectivity index (χ0v) is 9.83. The summed E-state index contributed by atoms with van der Waals surface area (Å²) < 4.78 is 0. The molecule has 0 aromatic rings. The Hall–Kier alpha value is -0.570. The van der Waals surface area contributed by atoms with E-state index in [2.05, 4.69) is 12.2 Å². The molecule has 2 rings (SSSR count). The van der Waals surface area contributed by atoms with Crippen LogP contribution in [0.1, 0.15) is 45.4 Å². The van der Waals surface area contributed by atoms with Gasteiger partial charge in [0.15, 0.2) is 0 Å². The van der Waals surface area contributed by atoms with Crippen molar-refractivity contribution in [3.63, 3.8) is 0 Å². The van der Waals surface area contributed by atoms with Gasteiger partial charge in [-0.3, -0.25) is 4.79 Å². The molecule has 2 unspecified atom stereocenters. The van der Waals surface area contributed by atoms with Crippen LogP contribution in [0.4, 0.5) is 0 Å². The highest BCUT2D eigenvalue weighted by Crippen LogP contribution is 2.29. The van der Waals surface area contributed by atoms with E-state index in [0.717, 1.165) is 19.3 Å². The van der Waals surface area contributed by atoms with Gasteiger partial charge >= 0.3 is 0 Å². The predicted octanol–water partition coefficient (Wildman–Crippen LogP) is 1.53. The highest BCUT2D eigenvalue weighted by atomic mass is 16.2. The molecule has 2 bridgehead atoms. The molecular formula is C12H22N2O. The standard InChI is InChI=1S/C12H22N2O/c1-3-4-12(15)14(2)11-7-9-5-6-10(8-11)13-9/h9-11,13H,3-8H2,1-2H3. The lowest BCUT2D eigenvalue weighted by Gasteiger charge is -2.35. The lowest BCUT2D eigenvalue weighted by molar-refractivity contribution is -0.132. The molecule has 0 spiro atoms. The molecule has 15 heavy (non-hydrogen) atoms. The summed E-state index contributed by atoms with van der Waals surface area (Å²) in [4.78, 5) is 13.8. The van der Waals surface area contributed by atoms with Gasteiger partial charge in [0.25, 0.3) is 0 Å². The third-order valence-electron chi connectivity index (χ3n) is 3.85. The molecule has 3 heteroatoms. The van der Waals surface area contributed by atoms with E-state index in [1.165, 1.54) is 12.8 Å². The van der Waals surface area contributed by atoms with Crippen LogP contribution in [0.3, 0.4) is 0 Å². The summed E-state index contributed by atoms with van der Waals surface area (Å²) in [5.41, 5.74) is 0. The molecule has 0 aliphatic carbocycles. The molecule has 1 amide bonds. The van der Waals surface area contributed by atoms with Crippen molar-refractivity contribution in [3.05, 3.63) is 0 Å².